The van der Waals surface area contributed by atoms with Gasteiger partial charge in [0.25, 0.3) is 0 Å². The maximum Gasteiger partial charge on any atom is 0.323 e. The maximum atomic E-state index is 13.5. The first-order chi connectivity index (χ1) is 11.6. The number of hydrogen-bond acceptors (Lipinski definition) is 5. The number of amides is 1. The average molecular weight is 387 g/mol. The SMILES string of the molecule is O=C(NOS(=O)(=O)c1c(F)c(F)c(F)c(F)c1F)C1CC2CCC1O2. The average Bonchev–Trinajstić information content (AvgIpc) is 3.19. The van der Waals surface area contributed by atoms with Crippen molar-refractivity contribution in [1.29, 1.82) is 0 Å². The summed E-state index contributed by atoms with van der Waals surface area (Å²) in [4.78, 5) is 9.71. The summed E-state index contributed by atoms with van der Waals surface area (Å²) in [6.45, 7) is 0. The standard InChI is InChI=1S/C13H10F5NO5S/c14-7-8(15)10(17)12(11(18)9(7)16)25(21,22)24-19-13(20)5-3-4-1-2-6(5)23-4/h4-6H,1-3H2,(H,19,20). The zero-order valence-electron chi connectivity index (χ0n) is 12.2. The third-order valence-corrected chi connectivity index (χ3v) is 5.28. The van der Waals surface area contributed by atoms with Crippen molar-refractivity contribution in [1.82, 2.24) is 5.48 Å². The molecule has 3 atom stereocenters. The van der Waals surface area contributed by atoms with Gasteiger partial charge in [-0.2, -0.15) is 8.42 Å². The van der Waals surface area contributed by atoms with Gasteiger partial charge in [0.05, 0.1) is 18.1 Å². The summed E-state index contributed by atoms with van der Waals surface area (Å²) in [5.74, 6) is -14.3. The second-order valence-corrected chi connectivity index (χ2v) is 7.10. The maximum absolute atomic E-state index is 13.5. The quantitative estimate of drug-likeness (QED) is 0.368. The minimum Gasteiger partial charge on any atom is -0.374 e. The van der Waals surface area contributed by atoms with Crippen LogP contribution in [0, 0.1) is 35.0 Å². The van der Waals surface area contributed by atoms with Gasteiger partial charge in [0.15, 0.2) is 28.2 Å². The largest absolute Gasteiger partial charge is 0.374 e. The van der Waals surface area contributed by atoms with Crippen molar-refractivity contribution in [2.45, 2.75) is 36.4 Å². The van der Waals surface area contributed by atoms with Crippen molar-refractivity contribution in [3.63, 3.8) is 0 Å². The van der Waals surface area contributed by atoms with Crippen molar-refractivity contribution >= 4 is 16.0 Å². The Morgan fingerprint density at radius 2 is 1.56 bits per heavy atom. The fraction of sp³-hybridized carbons (Fsp3) is 0.462. The number of halogens is 5. The molecule has 6 nitrogen and oxygen atoms in total. The van der Waals surface area contributed by atoms with Crippen molar-refractivity contribution < 1.29 is 44.2 Å². The highest BCUT2D eigenvalue weighted by molar-refractivity contribution is 7.86. The number of rotatable bonds is 4. The van der Waals surface area contributed by atoms with E-state index in [-0.39, 0.29) is 6.10 Å². The van der Waals surface area contributed by atoms with Gasteiger partial charge in [-0.3, -0.25) is 4.79 Å². The molecule has 2 heterocycles. The van der Waals surface area contributed by atoms with Gasteiger partial charge in [0, 0.05) is 0 Å². The van der Waals surface area contributed by atoms with Crippen molar-refractivity contribution in [3.05, 3.63) is 29.1 Å². The molecule has 0 aromatic heterocycles. The number of nitrogens with one attached hydrogen (secondary N) is 1. The van der Waals surface area contributed by atoms with E-state index in [1.807, 2.05) is 0 Å². The first-order valence-corrected chi connectivity index (χ1v) is 8.44. The first kappa shape index (κ1) is 18.0. The number of carbonyl (C=O) groups is 1. The van der Waals surface area contributed by atoms with Gasteiger partial charge in [-0.1, -0.05) is 0 Å². The van der Waals surface area contributed by atoms with Crippen LogP contribution in [0.15, 0.2) is 4.90 Å². The molecule has 0 saturated carbocycles. The highest BCUT2D eigenvalue weighted by Crippen LogP contribution is 2.38. The van der Waals surface area contributed by atoms with Crippen molar-refractivity contribution in [2.75, 3.05) is 0 Å². The Bertz CT molecular complexity index is 817. The highest BCUT2D eigenvalue weighted by Gasteiger charge is 2.45. The monoisotopic (exact) mass is 387 g/mol. The molecule has 3 unspecified atom stereocenters. The van der Waals surface area contributed by atoms with Crippen LogP contribution in [0.1, 0.15) is 19.3 Å². The molecule has 12 heteroatoms. The van der Waals surface area contributed by atoms with Crippen molar-refractivity contribution in [3.8, 4) is 0 Å². The number of hydroxylamine groups is 1. The Hall–Kier alpha value is -1.79. The molecule has 138 valence electrons. The predicted octanol–water partition coefficient (Wildman–Crippen LogP) is 1.69. The lowest BCUT2D eigenvalue weighted by Gasteiger charge is -2.17. The Balaban J connectivity index is 1.80. The van der Waals surface area contributed by atoms with E-state index in [2.05, 4.69) is 4.28 Å². The van der Waals surface area contributed by atoms with Crippen LogP contribution in [0.4, 0.5) is 22.0 Å². The van der Waals surface area contributed by atoms with Gasteiger partial charge in [0.2, 0.25) is 11.7 Å². The second-order valence-electron chi connectivity index (χ2n) is 5.62. The van der Waals surface area contributed by atoms with E-state index in [4.69, 9.17) is 4.74 Å². The minimum absolute atomic E-state index is 0.146. The smallest absolute Gasteiger partial charge is 0.323 e. The molecule has 0 aliphatic carbocycles. The number of benzene rings is 1. The normalized spacial score (nSPS) is 25.4. The van der Waals surface area contributed by atoms with Gasteiger partial charge in [0.1, 0.15) is 0 Å². The van der Waals surface area contributed by atoms with Crippen LogP contribution in [0.2, 0.25) is 0 Å². The van der Waals surface area contributed by atoms with Crippen LogP contribution in [0.5, 0.6) is 0 Å². The minimum atomic E-state index is -5.49. The molecule has 0 radical (unpaired) electrons. The fourth-order valence-electron chi connectivity index (χ4n) is 2.93. The summed E-state index contributed by atoms with van der Waals surface area (Å²) in [5.41, 5.74) is 1.48. The molecular formula is C13H10F5NO5S. The summed E-state index contributed by atoms with van der Waals surface area (Å²) in [5, 5.41) is 0. The van der Waals surface area contributed by atoms with Crippen molar-refractivity contribution in [2.24, 2.45) is 5.92 Å². The van der Waals surface area contributed by atoms with Crippen LogP contribution >= 0.6 is 0 Å². The van der Waals surface area contributed by atoms with Gasteiger partial charge < -0.3 is 4.74 Å². The molecular weight excluding hydrogens is 377 g/mol. The molecule has 25 heavy (non-hydrogen) atoms. The summed E-state index contributed by atoms with van der Waals surface area (Å²) >= 11 is 0. The molecule has 2 aliphatic rings. The van der Waals surface area contributed by atoms with Gasteiger partial charge in [-0.25, -0.2) is 27.4 Å². The Morgan fingerprint density at radius 1 is 1.00 bits per heavy atom. The first-order valence-electron chi connectivity index (χ1n) is 7.03. The van der Waals surface area contributed by atoms with E-state index in [1.54, 1.807) is 0 Å². The van der Waals surface area contributed by atoms with Crippen LogP contribution < -0.4 is 5.48 Å². The van der Waals surface area contributed by atoms with Gasteiger partial charge in [-0.15, -0.1) is 4.28 Å². The molecule has 1 aromatic rings. The lowest BCUT2D eigenvalue weighted by Crippen LogP contribution is -2.37. The lowest BCUT2D eigenvalue weighted by molar-refractivity contribution is -0.133. The fourth-order valence-corrected chi connectivity index (χ4v) is 3.82. The zero-order valence-corrected chi connectivity index (χ0v) is 13.0. The van der Waals surface area contributed by atoms with E-state index in [1.165, 1.54) is 5.48 Å². The van der Waals surface area contributed by atoms with Crippen LogP contribution in [0.25, 0.3) is 0 Å². The van der Waals surface area contributed by atoms with E-state index in [9.17, 15) is 35.2 Å². The molecule has 2 fully saturated rings. The van der Waals surface area contributed by atoms with E-state index in [0.717, 1.165) is 6.42 Å². The van der Waals surface area contributed by atoms with E-state index >= 15 is 0 Å². The number of ether oxygens (including phenoxy) is 1. The van der Waals surface area contributed by atoms with Gasteiger partial charge >= 0.3 is 10.1 Å². The molecule has 1 amide bonds. The summed E-state index contributed by atoms with van der Waals surface area (Å²) in [7, 11) is -5.49. The lowest BCUT2D eigenvalue weighted by atomic mass is 9.89. The van der Waals surface area contributed by atoms with E-state index in [0.29, 0.717) is 12.8 Å². The Morgan fingerprint density at radius 3 is 2.04 bits per heavy atom. The number of hydrogen-bond donors (Lipinski definition) is 1. The zero-order chi connectivity index (χ0) is 18.5. The molecule has 1 N–H and O–H groups in total. The predicted molar refractivity (Wildman–Crippen MR) is 68.6 cm³/mol. The summed E-state index contributed by atoms with van der Waals surface area (Å²) in [6.07, 6.45) is 1.05. The van der Waals surface area contributed by atoms with Crippen LogP contribution in [0.3, 0.4) is 0 Å². The molecule has 3 rings (SSSR count). The Labute approximate surface area is 138 Å². The third kappa shape index (κ3) is 2.98. The molecule has 1 aromatic carbocycles. The summed E-state index contributed by atoms with van der Waals surface area (Å²) in [6, 6.07) is 0. The number of fused-ring (bicyclic) bond motifs is 2. The molecule has 2 bridgehead atoms. The number of carbonyl (C=O) groups excluding carboxylic acids is 1. The molecule has 2 aliphatic heterocycles. The topological polar surface area (TPSA) is 81.7 Å². The molecule has 2 saturated heterocycles. The molecule has 0 spiro atoms. The Kier molecular flexibility index (Phi) is 4.45. The van der Waals surface area contributed by atoms with E-state index < -0.39 is 62.0 Å². The van der Waals surface area contributed by atoms with Crippen LogP contribution in [-0.4, -0.2) is 26.5 Å². The van der Waals surface area contributed by atoms with Crippen LogP contribution in [-0.2, 0) is 23.9 Å². The van der Waals surface area contributed by atoms with Gasteiger partial charge in [-0.05, 0) is 19.3 Å². The second kappa shape index (κ2) is 6.18. The highest BCUT2D eigenvalue weighted by atomic mass is 32.2. The summed E-state index contributed by atoms with van der Waals surface area (Å²) < 4.78 is 99.1. The third-order valence-electron chi connectivity index (χ3n) is 4.11.